The van der Waals surface area contributed by atoms with Gasteiger partial charge < -0.3 is 9.64 Å². The normalized spacial score (nSPS) is 16.8. The Hall–Kier alpha value is -0.730. The van der Waals surface area contributed by atoms with Gasteiger partial charge in [-0.1, -0.05) is 27.7 Å². The number of carbonyl (C=O) groups is 1. The van der Waals surface area contributed by atoms with Crippen LogP contribution in [-0.2, 0) is 4.74 Å². The summed E-state index contributed by atoms with van der Waals surface area (Å²) in [4.78, 5) is 13.9. The monoisotopic (exact) mass is 241 g/mol. The van der Waals surface area contributed by atoms with E-state index < -0.39 is 0 Å². The Labute approximate surface area is 106 Å². The molecule has 0 spiro atoms. The molecular weight excluding hydrogens is 214 g/mol. The highest BCUT2D eigenvalue weighted by molar-refractivity contribution is 5.67. The first-order valence-electron chi connectivity index (χ1n) is 6.94. The third-order valence-corrected chi connectivity index (χ3v) is 3.00. The van der Waals surface area contributed by atoms with E-state index in [0.717, 1.165) is 25.9 Å². The van der Waals surface area contributed by atoms with Crippen molar-refractivity contribution in [3.8, 4) is 0 Å². The third kappa shape index (κ3) is 5.42. The number of carbonyl (C=O) groups excluding carboxylic acids is 1. The Morgan fingerprint density at radius 3 is 2.00 bits per heavy atom. The van der Waals surface area contributed by atoms with E-state index in [1.807, 2.05) is 4.90 Å². The standard InChI is InChI=1S/C14H27NO2/c1-11(2)9-15(10-12(3)4)14(16)17-13-7-5-6-8-13/h11-13H,5-10H2,1-4H3. The number of amides is 1. The lowest BCUT2D eigenvalue weighted by Gasteiger charge is -2.27. The van der Waals surface area contributed by atoms with Crippen LogP contribution >= 0.6 is 0 Å². The van der Waals surface area contributed by atoms with Crippen LogP contribution in [0.25, 0.3) is 0 Å². The van der Waals surface area contributed by atoms with Crippen LogP contribution in [0.2, 0.25) is 0 Å². The molecule has 1 fully saturated rings. The maximum absolute atomic E-state index is 12.1. The molecule has 0 atom stereocenters. The van der Waals surface area contributed by atoms with Gasteiger partial charge in [-0.2, -0.15) is 0 Å². The SMILES string of the molecule is CC(C)CN(CC(C)C)C(=O)OC1CCCC1. The second kappa shape index (κ2) is 6.87. The molecule has 17 heavy (non-hydrogen) atoms. The zero-order valence-electron chi connectivity index (χ0n) is 11.7. The molecule has 0 aromatic rings. The van der Waals surface area contributed by atoms with E-state index in [-0.39, 0.29) is 12.2 Å². The second-order valence-electron chi connectivity index (χ2n) is 5.98. The van der Waals surface area contributed by atoms with Crippen LogP contribution in [0, 0.1) is 11.8 Å². The fourth-order valence-corrected chi connectivity index (χ4v) is 2.33. The van der Waals surface area contributed by atoms with Crippen molar-refractivity contribution in [1.29, 1.82) is 0 Å². The zero-order chi connectivity index (χ0) is 12.8. The molecule has 100 valence electrons. The van der Waals surface area contributed by atoms with E-state index >= 15 is 0 Å². The van der Waals surface area contributed by atoms with E-state index in [4.69, 9.17) is 4.74 Å². The van der Waals surface area contributed by atoms with Crippen molar-refractivity contribution in [2.75, 3.05) is 13.1 Å². The number of hydrogen-bond acceptors (Lipinski definition) is 2. The van der Waals surface area contributed by atoms with Gasteiger partial charge in [0.15, 0.2) is 0 Å². The van der Waals surface area contributed by atoms with E-state index in [1.165, 1.54) is 12.8 Å². The molecule has 1 amide bonds. The number of nitrogens with zero attached hydrogens (tertiary/aromatic N) is 1. The van der Waals surface area contributed by atoms with Gasteiger partial charge in [-0.3, -0.25) is 0 Å². The molecule has 0 saturated heterocycles. The highest BCUT2D eigenvalue weighted by Crippen LogP contribution is 2.22. The molecular formula is C14H27NO2. The van der Waals surface area contributed by atoms with Crippen LogP contribution in [0.4, 0.5) is 4.79 Å². The summed E-state index contributed by atoms with van der Waals surface area (Å²) >= 11 is 0. The van der Waals surface area contributed by atoms with Gasteiger partial charge in [-0.15, -0.1) is 0 Å². The van der Waals surface area contributed by atoms with Crippen molar-refractivity contribution in [2.45, 2.75) is 59.5 Å². The molecule has 0 aromatic heterocycles. The minimum absolute atomic E-state index is 0.112. The molecule has 0 bridgehead atoms. The maximum Gasteiger partial charge on any atom is 0.410 e. The molecule has 3 nitrogen and oxygen atoms in total. The highest BCUT2D eigenvalue weighted by Gasteiger charge is 2.23. The Balaban J connectivity index is 2.45. The van der Waals surface area contributed by atoms with Gasteiger partial charge >= 0.3 is 6.09 Å². The molecule has 0 aliphatic heterocycles. The topological polar surface area (TPSA) is 29.5 Å². The fraction of sp³-hybridized carbons (Fsp3) is 0.929. The predicted octanol–water partition coefficient (Wildman–Crippen LogP) is 3.68. The van der Waals surface area contributed by atoms with Gasteiger partial charge in [0.25, 0.3) is 0 Å². The van der Waals surface area contributed by atoms with Crippen LogP contribution in [0.5, 0.6) is 0 Å². The van der Waals surface area contributed by atoms with Crippen molar-refractivity contribution in [3.63, 3.8) is 0 Å². The largest absolute Gasteiger partial charge is 0.446 e. The van der Waals surface area contributed by atoms with Crippen LogP contribution in [0.15, 0.2) is 0 Å². The van der Waals surface area contributed by atoms with E-state index in [1.54, 1.807) is 0 Å². The quantitative estimate of drug-likeness (QED) is 0.735. The summed E-state index contributed by atoms with van der Waals surface area (Å²) in [5, 5.41) is 0. The average Bonchev–Trinajstić information content (AvgIpc) is 2.67. The second-order valence-corrected chi connectivity index (χ2v) is 5.98. The minimum atomic E-state index is -0.112. The molecule has 1 rings (SSSR count). The zero-order valence-corrected chi connectivity index (χ0v) is 11.7. The first-order valence-corrected chi connectivity index (χ1v) is 6.94. The molecule has 0 aromatic carbocycles. The van der Waals surface area contributed by atoms with Crippen molar-refractivity contribution in [2.24, 2.45) is 11.8 Å². The summed E-state index contributed by atoms with van der Waals surface area (Å²) in [6, 6.07) is 0. The molecule has 3 heteroatoms. The lowest BCUT2D eigenvalue weighted by molar-refractivity contribution is 0.0589. The van der Waals surface area contributed by atoms with E-state index in [2.05, 4.69) is 27.7 Å². The Morgan fingerprint density at radius 2 is 1.59 bits per heavy atom. The smallest absolute Gasteiger partial charge is 0.410 e. The predicted molar refractivity (Wildman–Crippen MR) is 70.0 cm³/mol. The first-order chi connectivity index (χ1) is 7.99. The van der Waals surface area contributed by atoms with Crippen molar-refractivity contribution >= 4 is 6.09 Å². The highest BCUT2D eigenvalue weighted by atomic mass is 16.6. The molecule has 0 heterocycles. The van der Waals surface area contributed by atoms with Gasteiger partial charge in [0.2, 0.25) is 0 Å². The van der Waals surface area contributed by atoms with Crippen molar-refractivity contribution in [3.05, 3.63) is 0 Å². The van der Waals surface area contributed by atoms with Crippen LogP contribution < -0.4 is 0 Å². The van der Waals surface area contributed by atoms with Crippen molar-refractivity contribution in [1.82, 2.24) is 4.90 Å². The number of rotatable bonds is 5. The van der Waals surface area contributed by atoms with Gasteiger partial charge in [0, 0.05) is 13.1 Å². The summed E-state index contributed by atoms with van der Waals surface area (Å²) in [5.41, 5.74) is 0. The Bertz CT molecular complexity index is 222. The summed E-state index contributed by atoms with van der Waals surface area (Å²) in [6.07, 6.45) is 4.55. The minimum Gasteiger partial charge on any atom is -0.446 e. The van der Waals surface area contributed by atoms with Crippen LogP contribution in [0.1, 0.15) is 53.4 Å². The molecule has 1 aliphatic rings. The lowest BCUT2D eigenvalue weighted by atomic mass is 10.1. The lowest BCUT2D eigenvalue weighted by Crippen LogP contribution is -2.38. The molecule has 1 aliphatic carbocycles. The molecule has 0 unspecified atom stereocenters. The van der Waals surface area contributed by atoms with Crippen molar-refractivity contribution < 1.29 is 9.53 Å². The summed E-state index contributed by atoms with van der Waals surface area (Å²) in [7, 11) is 0. The molecule has 0 N–H and O–H groups in total. The molecule has 0 radical (unpaired) electrons. The van der Waals surface area contributed by atoms with Crippen LogP contribution in [0.3, 0.4) is 0 Å². The summed E-state index contributed by atoms with van der Waals surface area (Å²) in [6.45, 7) is 10.1. The summed E-state index contributed by atoms with van der Waals surface area (Å²) in [5.74, 6) is 0.981. The van der Waals surface area contributed by atoms with E-state index in [9.17, 15) is 4.79 Å². The van der Waals surface area contributed by atoms with E-state index in [0.29, 0.717) is 11.8 Å². The van der Waals surface area contributed by atoms with Gasteiger partial charge in [0.1, 0.15) is 6.10 Å². The first kappa shape index (κ1) is 14.3. The number of hydrogen-bond donors (Lipinski definition) is 0. The maximum atomic E-state index is 12.1. The summed E-state index contributed by atoms with van der Waals surface area (Å²) < 4.78 is 5.56. The average molecular weight is 241 g/mol. The molecule has 1 saturated carbocycles. The van der Waals surface area contributed by atoms with Gasteiger partial charge in [0.05, 0.1) is 0 Å². The third-order valence-electron chi connectivity index (χ3n) is 3.00. The van der Waals surface area contributed by atoms with Gasteiger partial charge in [-0.05, 0) is 37.5 Å². The number of ether oxygens (including phenoxy) is 1. The van der Waals surface area contributed by atoms with Crippen LogP contribution in [-0.4, -0.2) is 30.2 Å². The fourth-order valence-electron chi connectivity index (χ4n) is 2.33. The Kier molecular flexibility index (Phi) is 5.79. The Morgan fingerprint density at radius 1 is 1.12 bits per heavy atom. The van der Waals surface area contributed by atoms with Gasteiger partial charge in [-0.25, -0.2) is 4.79 Å².